The van der Waals surface area contributed by atoms with Crippen LogP contribution in [-0.4, -0.2) is 16.2 Å². The Morgan fingerprint density at radius 2 is 2.08 bits per heavy atom. The van der Waals surface area contributed by atoms with Gasteiger partial charge in [0.15, 0.2) is 5.78 Å². The average Bonchev–Trinajstić information content (AvgIpc) is 2.12. The minimum Gasteiger partial charge on any atom is -0.507 e. The molecule has 1 N–H and O–H groups in total. The van der Waals surface area contributed by atoms with Crippen LogP contribution in [0, 0.1) is 0 Å². The summed E-state index contributed by atoms with van der Waals surface area (Å²) in [6, 6.07) is 2.77. The van der Waals surface area contributed by atoms with Crippen molar-refractivity contribution in [2.45, 2.75) is 0 Å². The lowest BCUT2D eigenvalue weighted by atomic mass is 10.1. The zero-order valence-electron chi connectivity index (χ0n) is 6.35. The van der Waals surface area contributed by atoms with Crippen molar-refractivity contribution in [3.8, 4) is 5.75 Å². The van der Waals surface area contributed by atoms with E-state index >= 15 is 0 Å². The lowest BCUT2D eigenvalue weighted by molar-refractivity contribution is 0.102. The summed E-state index contributed by atoms with van der Waals surface area (Å²) in [4.78, 5) is 11.3. The third-order valence-electron chi connectivity index (χ3n) is 1.47. The molecule has 5 heteroatoms. The molecule has 0 aliphatic rings. The van der Waals surface area contributed by atoms with Gasteiger partial charge in [0.05, 0.1) is 20.9 Å². The summed E-state index contributed by atoms with van der Waals surface area (Å²) >= 11 is 14.4. The van der Waals surface area contributed by atoms with Crippen LogP contribution < -0.4 is 0 Å². The van der Waals surface area contributed by atoms with Crippen LogP contribution in [0.25, 0.3) is 0 Å². The molecule has 0 radical (unpaired) electrons. The van der Waals surface area contributed by atoms with Crippen molar-refractivity contribution >= 4 is 44.9 Å². The topological polar surface area (TPSA) is 37.3 Å². The third-order valence-corrected chi connectivity index (χ3v) is 2.79. The van der Waals surface area contributed by atoms with E-state index in [4.69, 9.17) is 23.2 Å². The Hall–Kier alpha value is -0.250. The van der Waals surface area contributed by atoms with Gasteiger partial charge in [0.25, 0.3) is 0 Å². The number of ketones is 1. The molecule has 70 valence electrons. The zero-order chi connectivity index (χ0) is 10.0. The molecule has 0 saturated heterocycles. The summed E-state index contributed by atoms with van der Waals surface area (Å²) in [6.07, 6.45) is 0. The van der Waals surface area contributed by atoms with Gasteiger partial charge in [-0.25, -0.2) is 0 Å². The van der Waals surface area contributed by atoms with E-state index in [2.05, 4.69) is 15.9 Å². The second kappa shape index (κ2) is 4.31. The van der Waals surface area contributed by atoms with Crippen molar-refractivity contribution < 1.29 is 9.90 Å². The molecule has 1 aromatic carbocycles. The number of rotatable bonds is 2. The molecule has 1 aromatic rings. The Balaban J connectivity index is 3.33. The number of Topliss-reactive ketones (excluding diaryl/α,β-unsaturated/α-hetero) is 1. The summed E-state index contributed by atoms with van der Waals surface area (Å²) in [7, 11) is 0. The molecule has 13 heavy (non-hydrogen) atoms. The number of carbonyl (C=O) groups is 1. The monoisotopic (exact) mass is 282 g/mol. The van der Waals surface area contributed by atoms with Gasteiger partial charge in [0, 0.05) is 0 Å². The first-order valence-electron chi connectivity index (χ1n) is 3.34. The van der Waals surface area contributed by atoms with E-state index < -0.39 is 0 Å². The molecule has 0 heterocycles. The van der Waals surface area contributed by atoms with Crippen LogP contribution in [0.1, 0.15) is 10.4 Å². The van der Waals surface area contributed by atoms with Gasteiger partial charge in [-0.3, -0.25) is 4.79 Å². The van der Waals surface area contributed by atoms with Crippen molar-refractivity contribution in [3.05, 3.63) is 27.7 Å². The van der Waals surface area contributed by atoms with E-state index in [1.54, 1.807) is 0 Å². The molecule has 0 unspecified atom stereocenters. The van der Waals surface area contributed by atoms with E-state index in [1.165, 1.54) is 12.1 Å². The highest BCUT2D eigenvalue weighted by Gasteiger charge is 2.16. The van der Waals surface area contributed by atoms with Crippen LogP contribution in [0.4, 0.5) is 0 Å². The number of alkyl halides is 1. The maximum absolute atomic E-state index is 11.3. The fourth-order valence-electron chi connectivity index (χ4n) is 0.873. The quantitative estimate of drug-likeness (QED) is 0.668. The van der Waals surface area contributed by atoms with Crippen LogP contribution in [0.3, 0.4) is 0 Å². The molecule has 0 aliphatic heterocycles. The van der Waals surface area contributed by atoms with Crippen LogP contribution in [0.2, 0.25) is 10.0 Å². The molecule has 0 fully saturated rings. The first-order valence-corrected chi connectivity index (χ1v) is 5.21. The van der Waals surface area contributed by atoms with Crippen molar-refractivity contribution in [3.63, 3.8) is 0 Å². The molecule has 0 aromatic heterocycles. The summed E-state index contributed by atoms with van der Waals surface area (Å²) < 4.78 is 0. The van der Waals surface area contributed by atoms with E-state index in [-0.39, 0.29) is 32.5 Å². The van der Waals surface area contributed by atoms with E-state index in [0.717, 1.165) is 0 Å². The molecule has 1 rings (SSSR count). The first-order chi connectivity index (χ1) is 6.07. The summed E-state index contributed by atoms with van der Waals surface area (Å²) in [5.41, 5.74) is 0.0611. The van der Waals surface area contributed by atoms with Crippen LogP contribution in [-0.2, 0) is 0 Å². The molecule has 0 amide bonds. The highest BCUT2D eigenvalue weighted by molar-refractivity contribution is 9.09. The van der Waals surface area contributed by atoms with Crippen LogP contribution in [0.15, 0.2) is 12.1 Å². The normalized spacial score (nSPS) is 10.1. The van der Waals surface area contributed by atoms with Gasteiger partial charge in [0.1, 0.15) is 5.75 Å². The summed E-state index contributed by atoms with van der Waals surface area (Å²) in [5.74, 6) is -0.455. The number of aromatic hydroxyl groups is 1. The number of benzene rings is 1. The van der Waals surface area contributed by atoms with E-state index in [1.807, 2.05) is 0 Å². The average molecular weight is 284 g/mol. The maximum Gasteiger partial charge on any atom is 0.178 e. The Bertz CT molecular complexity index is 352. The maximum atomic E-state index is 11.3. The SMILES string of the molecule is O=C(CBr)c1c(O)ccc(Cl)c1Cl. The van der Waals surface area contributed by atoms with Crippen LogP contribution >= 0.6 is 39.1 Å². The lowest BCUT2D eigenvalue weighted by Gasteiger charge is -2.05. The molecule has 0 bridgehead atoms. The van der Waals surface area contributed by atoms with Crippen molar-refractivity contribution in [1.29, 1.82) is 0 Å². The van der Waals surface area contributed by atoms with Crippen molar-refractivity contribution in [2.24, 2.45) is 0 Å². The predicted molar refractivity (Wildman–Crippen MR) is 56.3 cm³/mol. The molecule has 0 saturated carbocycles. The predicted octanol–water partition coefficient (Wildman–Crippen LogP) is 3.28. The van der Waals surface area contributed by atoms with Gasteiger partial charge in [-0.2, -0.15) is 0 Å². The van der Waals surface area contributed by atoms with E-state index in [9.17, 15) is 9.90 Å². The van der Waals surface area contributed by atoms with Crippen molar-refractivity contribution in [2.75, 3.05) is 5.33 Å². The standard InChI is InChI=1S/C8H5BrCl2O2/c9-3-6(13)7-5(12)2-1-4(10)8(7)11/h1-2,12H,3H2. The smallest absolute Gasteiger partial charge is 0.178 e. The zero-order valence-corrected chi connectivity index (χ0v) is 9.45. The van der Waals surface area contributed by atoms with Gasteiger partial charge >= 0.3 is 0 Å². The fraction of sp³-hybridized carbons (Fsp3) is 0.125. The van der Waals surface area contributed by atoms with E-state index in [0.29, 0.717) is 0 Å². The highest BCUT2D eigenvalue weighted by Crippen LogP contribution is 2.32. The fourth-order valence-corrected chi connectivity index (χ4v) is 1.58. The largest absolute Gasteiger partial charge is 0.507 e. The Morgan fingerprint density at radius 3 is 2.62 bits per heavy atom. The van der Waals surface area contributed by atoms with Gasteiger partial charge in [0.2, 0.25) is 0 Å². The lowest BCUT2D eigenvalue weighted by Crippen LogP contribution is -2.01. The number of hydrogen-bond donors (Lipinski definition) is 1. The first kappa shape index (κ1) is 10.8. The van der Waals surface area contributed by atoms with Gasteiger partial charge in [-0.15, -0.1) is 0 Å². The molecular formula is C8H5BrCl2O2. The van der Waals surface area contributed by atoms with Gasteiger partial charge in [-0.1, -0.05) is 39.1 Å². The third kappa shape index (κ3) is 2.16. The number of hydrogen-bond acceptors (Lipinski definition) is 2. The second-order valence-electron chi connectivity index (χ2n) is 2.31. The molecule has 0 aliphatic carbocycles. The summed E-state index contributed by atoms with van der Waals surface area (Å²) in [6.45, 7) is 0. The number of phenols is 1. The number of phenolic OH excluding ortho intramolecular Hbond substituents is 1. The summed E-state index contributed by atoms with van der Waals surface area (Å²) in [5, 5.41) is 9.77. The van der Waals surface area contributed by atoms with Gasteiger partial charge < -0.3 is 5.11 Å². The Morgan fingerprint density at radius 1 is 1.46 bits per heavy atom. The van der Waals surface area contributed by atoms with Crippen LogP contribution in [0.5, 0.6) is 5.75 Å². The van der Waals surface area contributed by atoms with Crippen molar-refractivity contribution in [1.82, 2.24) is 0 Å². The van der Waals surface area contributed by atoms with Gasteiger partial charge in [-0.05, 0) is 12.1 Å². The molecule has 2 nitrogen and oxygen atoms in total. The second-order valence-corrected chi connectivity index (χ2v) is 3.66. The Kier molecular flexibility index (Phi) is 3.59. The minimum absolute atomic E-state index is 0.0611. The highest BCUT2D eigenvalue weighted by atomic mass is 79.9. The molecule has 0 atom stereocenters. The molecule has 0 spiro atoms. The number of halogens is 3. The molecular weight excluding hydrogens is 279 g/mol. The minimum atomic E-state index is -0.301. The number of carbonyl (C=O) groups excluding carboxylic acids is 1. The Labute approximate surface area is 93.6 Å².